The predicted octanol–water partition coefficient (Wildman–Crippen LogP) is 9.15. The van der Waals surface area contributed by atoms with Crippen molar-refractivity contribution in [2.24, 2.45) is 11.8 Å². The van der Waals surface area contributed by atoms with E-state index in [0.717, 1.165) is 32.3 Å². The summed E-state index contributed by atoms with van der Waals surface area (Å²) in [5.74, 6) is 1.09. The van der Waals surface area contributed by atoms with Crippen LogP contribution in [0, 0.1) is 11.8 Å². The molecule has 0 aromatic carbocycles. The highest BCUT2D eigenvalue weighted by Gasteiger charge is 2.51. The highest BCUT2D eigenvalue weighted by Crippen LogP contribution is 2.50. The van der Waals surface area contributed by atoms with E-state index in [4.69, 9.17) is 18.3 Å². The van der Waals surface area contributed by atoms with Crippen LogP contribution < -0.4 is 0 Å². The Morgan fingerprint density at radius 1 is 0.868 bits per heavy atom. The highest BCUT2D eigenvalue weighted by atomic mass is 28.4. The molecule has 3 fully saturated rings. The Bertz CT molecular complexity index is 863. The van der Waals surface area contributed by atoms with Gasteiger partial charge < -0.3 is 18.3 Å². The number of ether oxygens (including phenoxy) is 2. The van der Waals surface area contributed by atoms with Crippen molar-refractivity contribution < 1.29 is 18.3 Å². The van der Waals surface area contributed by atoms with E-state index in [1.807, 2.05) is 0 Å². The second-order valence-corrected chi connectivity index (χ2v) is 25.2. The van der Waals surface area contributed by atoms with Gasteiger partial charge in [-0.1, -0.05) is 64.8 Å². The molecule has 5 atom stereocenters. The summed E-state index contributed by atoms with van der Waals surface area (Å²) in [5, 5.41) is 0.474. The maximum atomic E-state index is 7.15. The average Bonchev–Trinajstić information content (AvgIpc) is 3.32. The van der Waals surface area contributed by atoms with Gasteiger partial charge in [0, 0.05) is 12.7 Å². The van der Waals surface area contributed by atoms with Gasteiger partial charge in [0.2, 0.25) is 0 Å². The molecule has 0 radical (unpaired) electrons. The first-order valence-corrected chi connectivity index (χ1v) is 21.4. The van der Waals surface area contributed by atoms with E-state index < -0.39 is 16.6 Å². The van der Waals surface area contributed by atoms with E-state index in [1.165, 1.54) is 37.7 Å². The van der Waals surface area contributed by atoms with Crippen molar-refractivity contribution in [3.05, 3.63) is 23.3 Å². The minimum atomic E-state index is -1.91. The molecule has 1 aliphatic heterocycles. The Kier molecular flexibility index (Phi) is 9.34. The van der Waals surface area contributed by atoms with Gasteiger partial charge in [-0.05, 0) is 106 Å². The van der Waals surface area contributed by atoms with Gasteiger partial charge in [0.1, 0.15) is 0 Å². The van der Waals surface area contributed by atoms with Crippen LogP contribution >= 0.6 is 0 Å². The number of fused-ring (bicyclic) bond motifs is 1. The van der Waals surface area contributed by atoms with Crippen LogP contribution in [-0.4, -0.2) is 47.8 Å². The molecule has 2 saturated carbocycles. The lowest BCUT2D eigenvalue weighted by molar-refractivity contribution is -0.201. The van der Waals surface area contributed by atoms with Crippen LogP contribution in [0.15, 0.2) is 23.3 Å². The van der Waals surface area contributed by atoms with Crippen molar-refractivity contribution in [1.82, 2.24) is 0 Å². The second kappa shape index (κ2) is 11.6. The molecular formula is C32H58O4Si2. The summed E-state index contributed by atoms with van der Waals surface area (Å²) in [7, 11) is -3.60. The Hall–Kier alpha value is -0.246. The number of allylic oxidation sites excluding steroid dienone is 4. The molecule has 0 bridgehead atoms. The smallest absolute Gasteiger partial charge is 0.192 e. The maximum Gasteiger partial charge on any atom is 0.192 e. The van der Waals surface area contributed by atoms with E-state index in [-0.39, 0.29) is 28.6 Å². The molecule has 1 unspecified atom stereocenters. The lowest BCUT2D eigenvalue weighted by Crippen LogP contribution is -2.48. The molecule has 4 aliphatic rings. The summed E-state index contributed by atoms with van der Waals surface area (Å²) in [5.41, 5.74) is 3.16. The number of rotatable bonds is 7. The van der Waals surface area contributed by atoms with Gasteiger partial charge in [-0.25, -0.2) is 0 Å². The van der Waals surface area contributed by atoms with Crippen LogP contribution in [0.4, 0.5) is 0 Å². The summed E-state index contributed by atoms with van der Waals surface area (Å²) >= 11 is 0. The highest BCUT2D eigenvalue weighted by molar-refractivity contribution is 6.74. The zero-order chi connectivity index (χ0) is 27.9. The Morgan fingerprint density at radius 3 is 2.08 bits per heavy atom. The first-order chi connectivity index (χ1) is 17.6. The van der Waals surface area contributed by atoms with Gasteiger partial charge in [-0.3, -0.25) is 0 Å². The molecule has 4 nitrogen and oxygen atoms in total. The van der Waals surface area contributed by atoms with Crippen LogP contribution in [0.25, 0.3) is 0 Å². The molecule has 6 heteroatoms. The molecule has 1 saturated heterocycles. The number of hydrogen-bond acceptors (Lipinski definition) is 4. The molecule has 1 heterocycles. The van der Waals surface area contributed by atoms with Crippen molar-refractivity contribution in [3.8, 4) is 0 Å². The fourth-order valence-electron chi connectivity index (χ4n) is 6.18. The predicted molar refractivity (Wildman–Crippen MR) is 163 cm³/mol. The minimum absolute atomic E-state index is 0.0487. The third-order valence-electron chi connectivity index (χ3n) is 10.7. The summed E-state index contributed by atoms with van der Waals surface area (Å²) < 4.78 is 26.5. The molecule has 0 aromatic heterocycles. The van der Waals surface area contributed by atoms with Crippen molar-refractivity contribution in [2.75, 3.05) is 6.61 Å². The van der Waals surface area contributed by atoms with E-state index in [0.29, 0.717) is 17.9 Å². The van der Waals surface area contributed by atoms with Gasteiger partial charge >= 0.3 is 0 Å². The van der Waals surface area contributed by atoms with Crippen molar-refractivity contribution in [1.29, 1.82) is 0 Å². The quantitative estimate of drug-likeness (QED) is 0.290. The fourth-order valence-corrected chi connectivity index (χ4v) is 8.97. The van der Waals surface area contributed by atoms with Gasteiger partial charge in [-0.2, -0.15) is 0 Å². The first kappa shape index (κ1) is 30.7. The summed E-state index contributed by atoms with van der Waals surface area (Å²) in [4.78, 5) is 0. The largest absolute Gasteiger partial charge is 0.414 e. The third-order valence-corrected chi connectivity index (χ3v) is 19.7. The topological polar surface area (TPSA) is 36.9 Å². The third kappa shape index (κ3) is 7.14. The van der Waals surface area contributed by atoms with Gasteiger partial charge in [0.25, 0.3) is 0 Å². The molecule has 0 spiro atoms. The summed E-state index contributed by atoms with van der Waals surface area (Å²) in [6, 6.07) is 0. The maximum absolute atomic E-state index is 7.15. The van der Waals surface area contributed by atoms with Crippen LogP contribution in [0.1, 0.15) is 99.3 Å². The van der Waals surface area contributed by atoms with Crippen molar-refractivity contribution >= 4 is 16.6 Å². The Morgan fingerprint density at radius 2 is 1.50 bits per heavy atom. The van der Waals surface area contributed by atoms with Crippen LogP contribution in [-0.2, 0) is 18.3 Å². The van der Waals surface area contributed by atoms with Gasteiger partial charge in [-0.15, -0.1) is 0 Å². The monoisotopic (exact) mass is 562 g/mol. The second-order valence-electron chi connectivity index (χ2n) is 15.7. The zero-order valence-corrected chi connectivity index (χ0v) is 28.3. The van der Waals surface area contributed by atoms with Crippen LogP contribution in [0.3, 0.4) is 0 Å². The molecular weight excluding hydrogens is 505 g/mol. The molecule has 0 N–H and O–H groups in total. The fraction of sp³-hybridized carbons (Fsp3) is 0.875. The summed E-state index contributed by atoms with van der Waals surface area (Å²) in [6.45, 7) is 24.5. The van der Waals surface area contributed by atoms with Crippen LogP contribution in [0.5, 0.6) is 0 Å². The van der Waals surface area contributed by atoms with Gasteiger partial charge in [0.15, 0.2) is 22.9 Å². The van der Waals surface area contributed by atoms with E-state index in [1.54, 1.807) is 5.57 Å². The minimum Gasteiger partial charge on any atom is -0.414 e. The average molecular weight is 563 g/mol. The molecule has 3 aliphatic carbocycles. The first-order valence-electron chi connectivity index (χ1n) is 15.6. The SMILES string of the molecule is CC(C)(C)[Si](C)(C)OC1CCC(=CC2=C[C@H]3C[C@@H](OC4CCCCO4)[C@H](O[Si](C)(C)C(C)(C)C)[C@H]3C2)CC1. The molecule has 4 rings (SSSR count). The standard InChI is InChI=1S/C32H58O4Si2/c1-31(2,3)37(7,8)35-26-16-14-23(15-17-26)19-24-20-25-22-28(34-29-13-11-12-18-33-29)30(27(25)21-24)36-38(9,10)32(4,5)6/h19-20,25-30H,11-18,21-22H2,1-10H3/t25-,26?,27-,28+,29?,30+/m0/s1. The van der Waals surface area contributed by atoms with Crippen molar-refractivity contribution in [3.63, 3.8) is 0 Å². The molecule has 0 aromatic rings. The van der Waals surface area contributed by atoms with Gasteiger partial charge in [0.05, 0.1) is 12.2 Å². The number of hydrogen-bond donors (Lipinski definition) is 0. The molecule has 218 valence electrons. The molecule has 38 heavy (non-hydrogen) atoms. The van der Waals surface area contributed by atoms with Crippen molar-refractivity contribution in [2.45, 2.75) is 160 Å². The lowest BCUT2D eigenvalue weighted by atomic mass is 9.90. The lowest BCUT2D eigenvalue weighted by Gasteiger charge is -2.41. The van der Waals surface area contributed by atoms with Crippen LogP contribution in [0.2, 0.25) is 36.3 Å². The van der Waals surface area contributed by atoms with E-state index in [2.05, 4.69) is 79.9 Å². The summed E-state index contributed by atoms with van der Waals surface area (Å²) in [6.07, 6.45) is 16.1. The van der Waals surface area contributed by atoms with E-state index in [9.17, 15) is 0 Å². The Labute approximate surface area is 236 Å². The Balaban J connectivity index is 1.40. The zero-order valence-electron chi connectivity index (χ0n) is 26.3. The normalized spacial score (nSPS) is 33.3. The molecule has 0 amide bonds. The van der Waals surface area contributed by atoms with E-state index >= 15 is 0 Å².